The van der Waals surface area contributed by atoms with Crippen molar-refractivity contribution in [2.75, 3.05) is 13.1 Å². The summed E-state index contributed by atoms with van der Waals surface area (Å²) in [5.74, 6) is 1.04. The van der Waals surface area contributed by atoms with Gasteiger partial charge in [-0.3, -0.25) is 9.59 Å². The van der Waals surface area contributed by atoms with Gasteiger partial charge in [-0.15, -0.1) is 0 Å². The van der Waals surface area contributed by atoms with Crippen LogP contribution in [0.2, 0.25) is 0 Å². The first-order chi connectivity index (χ1) is 13.6. The second kappa shape index (κ2) is 7.75. The highest BCUT2D eigenvalue weighted by Crippen LogP contribution is 2.25. The molecule has 1 saturated heterocycles. The van der Waals surface area contributed by atoms with Crippen LogP contribution in [0.15, 0.2) is 51.8 Å². The molecule has 3 heterocycles. The van der Waals surface area contributed by atoms with Crippen molar-refractivity contribution in [1.29, 1.82) is 0 Å². The van der Waals surface area contributed by atoms with Crippen molar-refractivity contribution < 1.29 is 9.32 Å². The summed E-state index contributed by atoms with van der Waals surface area (Å²) in [6.07, 6.45) is 1.75. The molecule has 4 rings (SSSR count). The Balaban J connectivity index is 1.49. The van der Waals surface area contributed by atoms with Gasteiger partial charge in [0.15, 0.2) is 5.82 Å². The van der Waals surface area contributed by atoms with Gasteiger partial charge >= 0.3 is 0 Å². The van der Waals surface area contributed by atoms with E-state index in [0.29, 0.717) is 30.5 Å². The van der Waals surface area contributed by atoms with Gasteiger partial charge in [-0.2, -0.15) is 10.1 Å². The summed E-state index contributed by atoms with van der Waals surface area (Å²) in [6, 6.07) is 12.7. The second-order valence-corrected chi connectivity index (χ2v) is 6.94. The van der Waals surface area contributed by atoms with Crippen LogP contribution in [0.1, 0.15) is 30.5 Å². The lowest BCUT2D eigenvalue weighted by Gasteiger charge is -2.31. The molecule has 0 saturated carbocycles. The van der Waals surface area contributed by atoms with Gasteiger partial charge in [0.1, 0.15) is 6.54 Å². The van der Waals surface area contributed by atoms with Crippen LogP contribution in [0, 0.1) is 6.92 Å². The minimum absolute atomic E-state index is 0.0271. The normalized spacial score (nSPS) is 16.9. The molecule has 0 bridgehead atoms. The molecule has 1 amide bonds. The Bertz CT molecular complexity index is 1030. The Kier molecular flexibility index (Phi) is 5.01. The van der Waals surface area contributed by atoms with Crippen LogP contribution in [0.5, 0.6) is 0 Å². The Morgan fingerprint density at radius 3 is 2.79 bits per heavy atom. The predicted octanol–water partition coefficient (Wildman–Crippen LogP) is 2.01. The van der Waals surface area contributed by atoms with Gasteiger partial charge in [0.05, 0.1) is 11.6 Å². The number of likely N-dealkylation sites (tertiary alicyclic amines) is 1. The number of amides is 1. The number of nitrogens with zero attached hydrogens (tertiary/aromatic N) is 5. The molecule has 1 aromatic carbocycles. The maximum absolute atomic E-state index is 12.8. The predicted molar refractivity (Wildman–Crippen MR) is 102 cm³/mol. The first kappa shape index (κ1) is 18.1. The smallest absolute Gasteiger partial charge is 0.267 e. The number of hydrogen-bond acceptors (Lipinski definition) is 6. The van der Waals surface area contributed by atoms with Crippen molar-refractivity contribution in [2.24, 2.45) is 0 Å². The summed E-state index contributed by atoms with van der Waals surface area (Å²) in [6.45, 7) is 2.84. The molecule has 0 radical (unpaired) electrons. The van der Waals surface area contributed by atoms with Crippen LogP contribution in [0.3, 0.4) is 0 Å². The fourth-order valence-electron chi connectivity index (χ4n) is 3.44. The highest BCUT2D eigenvalue weighted by molar-refractivity contribution is 5.76. The molecule has 0 spiro atoms. The van der Waals surface area contributed by atoms with E-state index in [0.717, 1.165) is 18.4 Å². The van der Waals surface area contributed by atoms with Crippen molar-refractivity contribution in [3.05, 3.63) is 64.5 Å². The standard InChI is InChI=1S/C20H21N5O3/c1-14-21-20(28-23-14)16-8-5-11-24(12-16)19(27)13-25-18(26)10-9-17(22-25)15-6-3-2-4-7-15/h2-4,6-7,9-10,16H,5,8,11-13H2,1H3. The molecule has 8 heteroatoms. The van der Waals surface area contributed by atoms with E-state index >= 15 is 0 Å². The fraction of sp³-hybridized carbons (Fsp3) is 0.350. The molecule has 0 N–H and O–H groups in total. The number of rotatable bonds is 4. The third-order valence-electron chi connectivity index (χ3n) is 4.89. The van der Waals surface area contributed by atoms with E-state index in [9.17, 15) is 9.59 Å². The maximum atomic E-state index is 12.8. The molecule has 0 aliphatic carbocycles. The molecule has 1 atom stereocenters. The van der Waals surface area contributed by atoms with Gasteiger partial charge in [0.25, 0.3) is 5.56 Å². The molecule has 1 aliphatic rings. The average molecular weight is 379 g/mol. The Morgan fingerprint density at radius 1 is 1.21 bits per heavy atom. The monoisotopic (exact) mass is 379 g/mol. The number of aryl methyl sites for hydroxylation is 1. The summed E-state index contributed by atoms with van der Waals surface area (Å²) in [5, 5.41) is 8.21. The number of hydrogen-bond donors (Lipinski definition) is 0. The lowest BCUT2D eigenvalue weighted by molar-refractivity contribution is -0.133. The topological polar surface area (TPSA) is 94.1 Å². The summed E-state index contributed by atoms with van der Waals surface area (Å²) in [7, 11) is 0. The van der Waals surface area contributed by atoms with Gasteiger partial charge < -0.3 is 9.42 Å². The van der Waals surface area contributed by atoms with Crippen LogP contribution in [0.4, 0.5) is 0 Å². The zero-order valence-electron chi connectivity index (χ0n) is 15.6. The Hall–Kier alpha value is -3.29. The van der Waals surface area contributed by atoms with E-state index in [1.807, 2.05) is 30.3 Å². The number of benzene rings is 1. The molecular formula is C20H21N5O3. The minimum Gasteiger partial charge on any atom is -0.340 e. The third kappa shape index (κ3) is 3.85. The quantitative estimate of drug-likeness (QED) is 0.688. The van der Waals surface area contributed by atoms with Gasteiger partial charge in [-0.25, -0.2) is 4.68 Å². The second-order valence-electron chi connectivity index (χ2n) is 6.94. The van der Waals surface area contributed by atoms with Crippen molar-refractivity contribution in [1.82, 2.24) is 24.8 Å². The van der Waals surface area contributed by atoms with Crippen molar-refractivity contribution in [3.8, 4) is 11.3 Å². The van der Waals surface area contributed by atoms with Crippen molar-refractivity contribution in [2.45, 2.75) is 32.2 Å². The van der Waals surface area contributed by atoms with E-state index < -0.39 is 0 Å². The molecule has 8 nitrogen and oxygen atoms in total. The van der Waals surface area contributed by atoms with Gasteiger partial charge in [0, 0.05) is 24.7 Å². The van der Waals surface area contributed by atoms with Crippen LogP contribution in [-0.2, 0) is 11.3 Å². The number of piperidine rings is 1. The lowest BCUT2D eigenvalue weighted by Crippen LogP contribution is -2.42. The molecule has 3 aromatic rings. The lowest BCUT2D eigenvalue weighted by atomic mass is 9.98. The van der Waals surface area contributed by atoms with E-state index in [4.69, 9.17) is 4.52 Å². The summed E-state index contributed by atoms with van der Waals surface area (Å²) >= 11 is 0. The molecule has 2 aromatic heterocycles. The van der Waals surface area contributed by atoms with Crippen LogP contribution < -0.4 is 5.56 Å². The molecule has 28 heavy (non-hydrogen) atoms. The molecule has 1 fully saturated rings. The number of aromatic nitrogens is 4. The van der Waals surface area contributed by atoms with Crippen LogP contribution >= 0.6 is 0 Å². The van der Waals surface area contributed by atoms with E-state index in [1.54, 1.807) is 17.9 Å². The molecule has 1 unspecified atom stereocenters. The third-order valence-corrected chi connectivity index (χ3v) is 4.89. The zero-order chi connectivity index (χ0) is 19.5. The first-order valence-electron chi connectivity index (χ1n) is 9.32. The summed E-state index contributed by atoms with van der Waals surface area (Å²) < 4.78 is 6.49. The average Bonchev–Trinajstić information content (AvgIpc) is 3.17. The molecule has 144 valence electrons. The minimum atomic E-state index is -0.297. The highest BCUT2D eigenvalue weighted by Gasteiger charge is 2.28. The Labute approximate surface area is 161 Å². The van der Waals surface area contributed by atoms with Gasteiger partial charge in [-0.1, -0.05) is 35.5 Å². The van der Waals surface area contributed by atoms with Crippen molar-refractivity contribution >= 4 is 5.91 Å². The number of carbonyl (C=O) groups excluding carboxylic acids is 1. The SMILES string of the molecule is Cc1noc(C2CCCN(C(=O)Cn3nc(-c4ccccc4)ccc3=O)C2)n1. The van der Waals surface area contributed by atoms with E-state index in [2.05, 4.69) is 15.2 Å². The largest absolute Gasteiger partial charge is 0.340 e. The zero-order valence-corrected chi connectivity index (χ0v) is 15.6. The van der Waals surface area contributed by atoms with Crippen LogP contribution in [0.25, 0.3) is 11.3 Å². The van der Waals surface area contributed by atoms with E-state index in [1.165, 1.54) is 10.7 Å². The molecular weight excluding hydrogens is 358 g/mol. The first-order valence-corrected chi connectivity index (χ1v) is 9.32. The highest BCUT2D eigenvalue weighted by atomic mass is 16.5. The maximum Gasteiger partial charge on any atom is 0.267 e. The summed E-state index contributed by atoms with van der Waals surface area (Å²) in [4.78, 5) is 31.1. The summed E-state index contributed by atoms with van der Waals surface area (Å²) in [5.41, 5.74) is 1.26. The van der Waals surface area contributed by atoms with Crippen molar-refractivity contribution in [3.63, 3.8) is 0 Å². The van der Waals surface area contributed by atoms with E-state index in [-0.39, 0.29) is 23.9 Å². The Morgan fingerprint density at radius 2 is 2.04 bits per heavy atom. The molecule has 1 aliphatic heterocycles. The number of carbonyl (C=O) groups is 1. The van der Waals surface area contributed by atoms with Crippen LogP contribution in [-0.4, -0.2) is 43.8 Å². The fourth-order valence-corrected chi connectivity index (χ4v) is 3.44. The van der Waals surface area contributed by atoms with Gasteiger partial charge in [-0.05, 0) is 25.8 Å². The van der Waals surface area contributed by atoms with Gasteiger partial charge in [0.2, 0.25) is 11.8 Å².